The summed E-state index contributed by atoms with van der Waals surface area (Å²) in [5.41, 5.74) is -0.0327. The third-order valence-electron chi connectivity index (χ3n) is 4.44. The van der Waals surface area contributed by atoms with Crippen molar-refractivity contribution in [3.8, 4) is 0 Å². The molecule has 2 aromatic rings. The zero-order valence-corrected chi connectivity index (χ0v) is 14.7. The smallest absolute Gasteiger partial charge is 0.288 e. The first-order chi connectivity index (χ1) is 12.5. The van der Waals surface area contributed by atoms with Crippen molar-refractivity contribution in [2.24, 2.45) is 5.92 Å². The van der Waals surface area contributed by atoms with Gasteiger partial charge in [0.25, 0.3) is 11.6 Å². The molecule has 1 N–H and O–H groups in total. The fraction of sp³-hybridized carbons (Fsp3) is 0.353. The van der Waals surface area contributed by atoms with Crippen LogP contribution >= 0.6 is 11.6 Å². The SMILES string of the molecule is O=C(NCC1CCN(c2cnccn2)CC1)c1ccc(Cl)c([N+](=O)[O-])c1. The second-order valence-corrected chi connectivity index (χ2v) is 6.53. The van der Waals surface area contributed by atoms with Crippen LogP contribution in [0.25, 0.3) is 0 Å². The van der Waals surface area contributed by atoms with Gasteiger partial charge in [0.1, 0.15) is 10.8 Å². The van der Waals surface area contributed by atoms with Crippen molar-refractivity contribution in [2.45, 2.75) is 12.8 Å². The maximum atomic E-state index is 12.3. The van der Waals surface area contributed by atoms with Crippen LogP contribution in [0.3, 0.4) is 0 Å². The van der Waals surface area contributed by atoms with Gasteiger partial charge in [0.05, 0.1) is 11.1 Å². The maximum absolute atomic E-state index is 12.3. The van der Waals surface area contributed by atoms with Crippen LogP contribution in [0.1, 0.15) is 23.2 Å². The van der Waals surface area contributed by atoms with Crippen molar-refractivity contribution < 1.29 is 9.72 Å². The summed E-state index contributed by atoms with van der Waals surface area (Å²) < 4.78 is 0. The Labute approximate surface area is 155 Å². The number of rotatable bonds is 5. The number of nitro benzene ring substituents is 1. The minimum absolute atomic E-state index is 0.0166. The average Bonchev–Trinajstić information content (AvgIpc) is 2.67. The summed E-state index contributed by atoms with van der Waals surface area (Å²) in [4.78, 5) is 33.1. The molecule has 1 fully saturated rings. The van der Waals surface area contributed by atoms with Crippen LogP contribution in [-0.2, 0) is 0 Å². The standard InChI is InChI=1S/C17H18ClN5O3/c18-14-2-1-13(9-15(14)23(25)26)17(24)21-10-12-3-7-22(8-4-12)16-11-19-5-6-20-16/h1-2,5-6,9,11-12H,3-4,7-8,10H2,(H,21,24). The summed E-state index contributed by atoms with van der Waals surface area (Å²) in [7, 11) is 0. The Bertz CT molecular complexity index is 794. The Morgan fingerprint density at radius 3 is 2.77 bits per heavy atom. The number of hydrogen-bond donors (Lipinski definition) is 1. The maximum Gasteiger partial charge on any atom is 0.288 e. The molecule has 1 amide bonds. The predicted molar refractivity (Wildman–Crippen MR) is 97.4 cm³/mol. The van der Waals surface area contributed by atoms with Crippen LogP contribution in [0.5, 0.6) is 0 Å². The lowest BCUT2D eigenvalue weighted by molar-refractivity contribution is -0.384. The van der Waals surface area contributed by atoms with E-state index in [0.717, 1.165) is 31.7 Å². The van der Waals surface area contributed by atoms with Gasteiger partial charge in [-0.15, -0.1) is 0 Å². The summed E-state index contributed by atoms with van der Waals surface area (Å²) in [6, 6.07) is 4.06. The fourth-order valence-corrected chi connectivity index (χ4v) is 3.14. The van der Waals surface area contributed by atoms with Gasteiger partial charge in [-0.25, -0.2) is 4.98 Å². The zero-order valence-electron chi connectivity index (χ0n) is 14.0. The Kier molecular flexibility index (Phi) is 5.62. The Morgan fingerprint density at radius 1 is 1.35 bits per heavy atom. The van der Waals surface area contributed by atoms with Gasteiger partial charge < -0.3 is 10.2 Å². The van der Waals surface area contributed by atoms with E-state index in [1.165, 1.54) is 18.2 Å². The number of nitrogens with zero attached hydrogens (tertiary/aromatic N) is 4. The zero-order chi connectivity index (χ0) is 18.5. The molecule has 8 nitrogen and oxygen atoms in total. The number of anilines is 1. The monoisotopic (exact) mass is 375 g/mol. The Morgan fingerprint density at radius 2 is 2.12 bits per heavy atom. The number of hydrogen-bond acceptors (Lipinski definition) is 6. The number of nitro groups is 1. The molecule has 1 saturated heterocycles. The molecule has 0 unspecified atom stereocenters. The number of carbonyl (C=O) groups excluding carboxylic acids is 1. The molecule has 9 heteroatoms. The molecule has 1 aliphatic rings. The number of aromatic nitrogens is 2. The highest BCUT2D eigenvalue weighted by Gasteiger charge is 2.21. The lowest BCUT2D eigenvalue weighted by atomic mass is 9.96. The summed E-state index contributed by atoms with van der Waals surface area (Å²) >= 11 is 5.77. The molecule has 1 aliphatic heterocycles. The van der Waals surface area contributed by atoms with Crippen LogP contribution in [0, 0.1) is 16.0 Å². The lowest BCUT2D eigenvalue weighted by Gasteiger charge is -2.32. The molecule has 136 valence electrons. The van der Waals surface area contributed by atoms with Crippen molar-refractivity contribution in [2.75, 3.05) is 24.5 Å². The van der Waals surface area contributed by atoms with Crippen LogP contribution in [0.15, 0.2) is 36.8 Å². The first kappa shape index (κ1) is 18.1. The molecular weight excluding hydrogens is 358 g/mol. The van der Waals surface area contributed by atoms with Gasteiger partial charge in [0, 0.05) is 43.7 Å². The minimum atomic E-state index is -0.596. The van der Waals surface area contributed by atoms with Crippen molar-refractivity contribution in [3.05, 3.63) is 57.5 Å². The first-order valence-corrected chi connectivity index (χ1v) is 8.65. The van der Waals surface area contributed by atoms with E-state index in [1.807, 2.05) is 0 Å². The molecule has 0 aliphatic carbocycles. The number of nitrogens with one attached hydrogen (secondary N) is 1. The number of benzene rings is 1. The van der Waals surface area contributed by atoms with Gasteiger partial charge in [0.15, 0.2) is 0 Å². The van der Waals surface area contributed by atoms with Crippen LogP contribution < -0.4 is 10.2 Å². The van der Waals surface area contributed by atoms with E-state index in [1.54, 1.807) is 18.6 Å². The van der Waals surface area contributed by atoms with Gasteiger partial charge in [0.2, 0.25) is 0 Å². The summed E-state index contributed by atoms with van der Waals surface area (Å²) in [5.74, 6) is 0.888. The number of halogens is 1. The third-order valence-corrected chi connectivity index (χ3v) is 4.76. The Balaban J connectivity index is 1.51. The summed E-state index contributed by atoms with van der Waals surface area (Å²) in [5, 5.41) is 13.8. The predicted octanol–water partition coefficient (Wildman–Crippen LogP) is 2.68. The normalized spacial score (nSPS) is 14.9. The topological polar surface area (TPSA) is 101 Å². The number of carbonyl (C=O) groups is 1. The summed E-state index contributed by atoms with van der Waals surface area (Å²) in [6.45, 7) is 2.24. The molecule has 1 aromatic carbocycles. The molecule has 26 heavy (non-hydrogen) atoms. The molecule has 1 aromatic heterocycles. The largest absolute Gasteiger partial charge is 0.355 e. The first-order valence-electron chi connectivity index (χ1n) is 8.27. The lowest BCUT2D eigenvalue weighted by Crippen LogP contribution is -2.39. The highest BCUT2D eigenvalue weighted by atomic mass is 35.5. The van der Waals surface area contributed by atoms with E-state index in [0.29, 0.717) is 12.5 Å². The van der Waals surface area contributed by atoms with Crippen LogP contribution in [0.2, 0.25) is 5.02 Å². The molecule has 2 heterocycles. The summed E-state index contributed by atoms with van der Waals surface area (Å²) in [6.07, 6.45) is 6.92. The van der Waals surface area contributed by atoms with Gasteiger partial charge in [-0.2, -0.15) is 0 Å². The van der Waals surface area contributed by atoms with E-state index in [4.69, 9.17) is 11.6 Å². The van der Waals surface area contributed by atoms with Crippen LogP contribution in [-0.4, -0.2) is 40.4 Å². The molecule has 0 bridgehead atoms. The molecule has 0 radical (unpaired) electrons. The highest BCUT2D eigenvalue weighted by Crippen LogP contribution is 2.25. The van der Waals surface area contributed by atoms with Crippen molar-refractivity contribution in [1.29, 1.82) is 0 Å². The van der Waals surface area contributed by atoms with Gasteiger partial charge in [-0.05, 0) is 30.9 Å². The second kappa shape index (κ2) is 8.09. The number of piperidine rings is 1. The van der Waals surface area contributed by atoms with E-state index in [9.17, 15) is 14.9 Å². The van der Waals surface area contributed by atoms with E-state index >= 15 is 0 Å². The van der Waals surface area contributed by atoms with E-state index in [2.05, 4.69) is 20.2 Å². The third kappa shape index (κ3) is 4.26. The molecule has 0 atom stereocenters. The molecular formula is C17H18ClN5O3. The molecule has 3 rings (SSSR count). The van der Waals surface area contributed by atoms with Gasteiger partial charge in [-0.1, -0.05) is 11.6 Å². The van der Waals surface area contributed by atoms with Gasteiger partial charge in [-0.3, -0.25) is 19.9 Å². The van der Waals surface area contributed by atoms with E-state index < -0.39 is 4.92 Å². The second-order valence-electron chi connectivity index (χ2n) is 6.13. The van der Waals surface area contributed by atoms with Crippen molar-refractivity contribution in [3.63, 3.8) is 0 Å². The quantitative estimate of drug-likeness (QED) is 0.636. The average molecular weight is 376 g/mol. The minimum Gasteiger partial charge on any atom is -0.355 e. The number of amides is 1. The Hall–Kier alpha value is -2.74. The van der Waals surface area contributed by atoms with Crippen LogP contribution in [0.4, 0.5) is 11.5 Å². The molecule has 0 saturated carbocycles. The van der Waals surface area contributed by atoms with Crippen molar-refractivity contribution in [1.82, 2.24) is 15.3 Å². The molecule has 0 spiro atoms. The van der Waals surface area contributed by atoms with Gasteiger partial charge >= 0.3 is 0 Å². The van der Waals surface area contributed by atoms with Crippen molar-refractivity contribution >= 4 is 29.0 Å². The van der Waals surface area contributed by atoms with E-state index in [-0.39, 0.29) is 22.2 Å². The fourth-order valence-electron chi connectivity index (χ4n) is 2.95. The highest BCUT2D eigenvalue weighted by molar-refractivity contribution is 6.32.